The van der Waals surface area contributed by atoms with Crippen molar-refractivity contribution in [2.24, 2.45) is 40.7 Å². The maximum Gasteiger partial charge on any atom is 0.0136 e. The SMILES string of the molecule is CC(C)(C)CC(CN)CNC1C2C3CCC(C3)C12. The Hall–Kier alpha value is -0.0800. The number of rotatable bonds is 5. The van der Waals surface area contributed by atoms with Crippen LogP contribution in [0.2, 0.25) is 0 Å². The van der Waals surface area contributed by atoms with Gasteiger partial charge in [0.05, 0.1) is 0 Å². The van der Waals surface area contributed by atoms with Crippen molar-refractivity contribution in [1.29, 1.82) is 0 Å². The Balaban J connectivity index is 1.45. The molecule has 0 amide bonds. The summed E-state index contributed by atoms with van der Waals surface area (Å²) in [6.45, 7) is 8.94. The van der Waals surface area contributed by atoms with Gasteiger partial charge in [0, 0.05) is 6.04 Å². The molecule has 5 atom stereocenters. The first kappa shape index (κ1) is 12.9. The molecule has 5 unspecified atom stereocenters. The van der Waals surface area contributed by atoms with E-state index < -0.39 is 0 Å². The van der Waals surface area contributed by atoms with Crippen molar-refractivity contribution < 1.29 is 0 Å². The van der Waals surface area contributed by atoms with E-state index >= 15 is 0 Å². The predicted octanol–water partition coefficient (Wildman–Crippen LogP) is 2.63. The maximum atomic E-state index is 5.93. The second-order valence-corrected chi connectivity index (χ2v) is 8.29. The lowest BCUT2D eigenvalue weighted by Gasteiger charge is -2.25. The third-order valence-electron chi connectivity index (χ3n) is 5.61. The van der Waals surface area contributed by atoms with Crippen LogP contribution in [0.15, 0.2) is 0 Å². The van der Waals surface area contributed by atoms with E-state index in [1.54, 1.807) is 6.42 Å². The summed E-state index contributed by atoms with van der Waals surface area (Å²) in [6.07, 6.45) is 5.83. The van der Waals surface area contributed by atoms with Gasteiger partial charge in [0.25, 0.3) is 0 Å². The van der Waals surface area contributed by atoms with Gasteiger partial charge in [0.15, 0.2) is 0 Å². The molecule has 0 spiro atoms. The Morgan fingerprint density at radius 1 is 1.17 bits per heavy atom. The molecule has 3 aliphatic rings. The highest BCUT2D eigenvalue weighted by Gasteiger charge is 2.64. The quantitative estimate of drug-likeness (QED) is 0.787. The molecule has 0 radical (unpaired) electrons. The molecule has 0 aromatic heterocycles. The molecule has 2 heteroatoms. The lowest BCUT2D eigenvalue weighted by Crippen LogP contribution is -2.34. The van der Waals surface area contributed by atoms with Crippen molar-refractivity contribution >= 4 is 0 Å². The zero-order chi connectivity index (χ0) is 12.9. The Bertz CT molecular complexity index is 289. The third-order valence-corrected chi connectivity index (χ3v) is 5.61. The Kier molecular flexibility index (Phi) is 3.22. The van der Waals surface area contributed by atoms with Gasteiger partial charge in [0.2, 0.25) is 0 Å². The number of hydrogen-bond donors (Lipinski definition) is 2. The predicted molar refractivity (Wildman–Crippen MR) is 76.2 cm³/mol. The molecule has 3 rings (SSSR count). The minimum Gasteiger partial charge on any atom is -0.330 e. The number of fused-ring (bicyclic) bond motifs is 5. The molecule has 3 fully saturated rings. The molecular formula is C16H30N2. The summed E-state index contributed by atoms with van der Waals surface area (Å²) in [7, 11) is 0. The molecule has 0 aromatic carbocycles. The fourth-order valence-electron chi connectivity index (χ4n) is 5.01. The van der Waals surface area contributed by atoms with Crippen molar-refractivity contribution in [3.8, 4) is 0 Å². The van der Waals surface area contributed by atoms with Crippen molar-refractivity contribution in [3.63, 3.8) is 0 Å². The Labute approximate surface area is 112 Å². The summed E-state index contributed by atoms with van der Waals surface area (Å²) in [5.41, 5.74) is 6.34. The zero-order valence-electron chi connectivity index (χ0n) is 12.3. The number of hydrogen-bond acceptors (Lipinski definition) is 2. The summed E-state index contributed by atoms with van der Waals surface area (Å²) in [4.78, 5) is 0. The summed E-state index contributed by atoms with van der Waals surface area (Å²) in [5.74, 6) is 4.92. The topological polar surface area (TPSA) is 38.0 Å². The highest BCUT2D eigenvalue weighted by molar-refractivity contribution is 5.16. The summed E-state index contributed by atoms with van der Waals surface area (Å²) >= 11 is 0. The molecule has 0 heterocycles. The Morgan fingerprint density at radius 2 is 1.78 bits per heavy atom. The zero-order valence-corrected chi connectivity index (χ0v) is 12.3. The van der Waals surface area contributed by atoms with Crippen LogP contribution in [0.4, 0.5) is 0 Å². The standard InChI is InChI=1S/C16H30N2/c1-16(2,3)7-10(8-17)9-18-15-13-11-4-5-12(6-11)14(13)15/h10-15,18H,4-9,17H2,1-3H3. The van der Waals surface area contributed by atoms with Gasteiger partial charge in [-0.3, -0.25) is 0 Å². The van der Waals surface area contributed by atoms with Crippen LogP contribution in [0.5, 0.6) is 0 Å². The maximum absolute atomic E-state index is 5.93. The minimum absolute atomic E-state index is 0.407. The first-order valence-corrected chi connectivity index (χ1v) is 7.93. The molecule has 0 saturated heterocycles. The smallest absolute Gasteiger partial charge is 0.0136 e. The van der Waals surface area contributed by atoms with Crippen LogP contribution < -0.4 is 11.1 Å². The van der Waals surface area contributed by atoms with Crippen LogP contribution in [-0.2, 0) is 0 Å². The molecule has 3 saturated carbocycles. The van der Waals surface area contributed by atoms with Crippen LogP contribution in [0, 0.1) is 35.0 Å². The third kappa shape index (κ3) is 2.34. The van der Waals surface area contributed by atoms with Crippen LogP contribution >= 0.6 is 0 Å². The first-order chi connectivity index (χ1) is 8.49. The van der Waals surface area contributed by atoms with E-state index in [2.05, 4.69) is 26.1 Å². The molecule has 0 aliphatic heterocycles. The molecule has 18 heavy (non-hydrogen) atoms. The van der Waals surface area contributed by atoms with Gasteiger partial charge in [-0.25, -0.2) is 0 Å². The average molecular weight is 250 g/mol. The minimum atomic E-state index is 0.407. The largest absolute Gasteiger partial charge is 0.330 e. The van der Waals surface area contributed by atoms with Gasteiger partial charge < -0.3 is 11.1 Å². The second-order valence-electron chi connectivity index (χ2n) is 8.29. The van der Waals surface area contributed by atoms with Crippen molar-refractivity contribution in [2.45, 2.75) is 52.5 Å². The first-order valence-electron chi connectivity index (χ1n) is 7.93. The molecule has 3 N–H and O–H groups in total. The number of nitrogens with one attached hydrogen (secondary N) is 1. The van der Waals surface area contributed by atoms with Gasteiger partial charge in [-0.2, -0.15) is 0 Å². The van der Waals surface area contributed by atoms with E-state index in [0.29, 0.717) is 11.3 Å². The van der Waals surface area contributed by atoms with Crippen LogP contribution in [0.3, 0.4) is 0 Å². The van der Waals surface area contributed by atoms with E-state index in [0.717, 1.165) is 42.8 Å². The lowest BCUT2D eigenvalue weighted by atomic mass is 9.84. The monoisotopic (exact) mass is 250 g/mol. The molecule has 0 aromatic rings. The normalized spacial score (nSPS) is 43.0. The lowest BCUT2D eigenvalue weighted by molar-refractivity contribution is 0.285. The van der Waals surface area contributed by atoms with E-state index in [-0.39, 0.29) is 0 Å². The summed E-state index contributed by atoms with van der Waals surface area (Å²) < 4.78 is 0. The summed E-state index contributed by atoms with van der Waals surface area (Å²) in [6, 6.07) is 0.866. The van der Waals surface area contributed by atoms with Crippen LogP contribution in [0.25, 0.3) is 0 Å². The summed E-state index contributed by atoms with van der Waals surface area (Å²) in [5, 5.41) is 3.85. The van der Waals surface area contributed by atoms with Crippen LogP contribution in [0.1, 0.15) is 46.5 Å². The molecule has 2 bridgehead atoms. The second kappa shape index (κ2) is 4.49. The van der Waals surface area contributed by atoms with E-state index in [4.69, 9.17) is 5.73 Å². The fourth-order valence-corrected chi connectivity index (χ4v) is 5.01. The van der Waals surface area contributed by atoms with Crippen LogP contribution in [-0.4, -0.2) is 19.1 Å². The van der Waals surface area contributed by atoms with Gasteiger partial charge in [-0.15, -0.1) is 0 Å². The highest BCUT2D eigenvalue weighted by Crippen LogP contribution is 2.65. The molecule has 3 aliphatic carbocycles. The van der Waals surface area contributed by atoms with E-state index in [1.807, 2.05) is 0 Å². The average Bonchev–Trinajstić information content (AvgIpc) is 2.68. The van der Waals surface area contributed by atoms with Gasteiger partial charge in [0.1, 0.15) is 0 Å². The van der Waals surface area contributed by atoms with Crippen molar-refractivity contribution in [2.75, 3.05) is 13.1 Å². The molecule has 104 valence electrons. The van der Waals surface area contributed by atoms with E-state index in [9.17, 15) is 0 Å². The van der Waals surface area contributed by atoms with Gasteiger partial charge in [-0.1, -0.05) is 20.8 Å². The molecular weight excluding hydrogens is 220 g/mol. The Morgan fingerprint density at radius 3 is 2.28 bits per heavy atom. The van der Waals surface area contributed by atoms with Crippen molar-refractivity contribution in [1.82, 2.24) is 5.32 Å². The fraction of sp³-hybridized carbons (Fsp3) is 1.00. The highest BCUT2D eigenvalue weighted by atomic mass is 15.0. The van der Waals surface area contributed by atoms with E-state index in [1.165, 1.54) is 19.3 Å². The molecule has 2 nitrogen and oxygen atoms in total. The van der Waals surface area contributed by atoms with Gasteiger partial charge >= 0.3 is 0 Å². The van der Waals surface area contributed by atoms with Gasteiger partial charge in [-0.05, 0) is 73.8 Å². The number of nitrogens with two attached hydrogens (primary N) is 1. The van der Waals surface area contributed by atoms with Crippen molar-refractivity contribution in [3.05, 3.63) is 0 Å².